The first-order valence-electron chi connectivity index (χ1n) is 5.66. The van der Waals surface area contributed by atoms with E-state index in [2.05, 4.69) is 78.8 Å². The predicted molar refractivity (Wildman–Crippen MR) is 117 cm³/mol. The molecular formula is C22H54. The van der Waals surface area contributed by atoms with Gasteiger partial charge in [0, 0.05) is 0 Å². The van der Waals surface area contributed by atoms with Crippen molar-refractivity contribution in [1.82, 2.24) is 0 Å². The van der Waals surface area contributed by atoms with Gasteiger partial charge in [-0.2, -0.15) is 0 Å². The van der Waals surface area contributed by atoms with Gasteiger partial charge in [0.2, 0.25) is 0 Å². The van der Waals surface area contributed by atoms with Crippen LogP contribution in [0.1, 0.15) is 106 Å². The molecule has 0 saturated carbocycles. The van der Waals surface area contributed by atoms with Crippen molar-refractivity contribution in [2.45, 2.75) is 106 Å². The van der Waals surface area contributed by atoms with Crippen molar-refractivity contribution >= 4 is 0 Å². The third kappa shape index (κ3) is 36.5. The molecule has 0 nitrogen and oxygen atoms in total. The monoisotopic (exact) mass is 318 g/mol. The normalized spacial score (nSPS) is 7.95. The van der Waals surface area contributed by atoms with Crippen LogP contribution in [0.15, 0.2) is 30.3 Å². The molecule has 0 aromatic heterocycles. The summed E-state index contributed by atoms with van der Waals surface area (Å²) in [6, 6.07) is 10.6. The summed E-state index contributed by atoms with van der Waals surface area (Å²) in [7, 11) is 0. The summed E-state index contributed by atoms with van der Waals surface area (Å²) in [4.78, 5) is 0. The average Bonchev–Trinajstić information content (AvgIpc) is 2.01. The maximum Gasteiger partial charge on any atom is -0.0132 e. The quantitative estimate of drug-likeness (QED) is 0.446. The summed E-state index contributed by atoms with van der Waals surface area (Å²) in [6.07, 6.45) is 0. The lowest BCUT2D eigenvalue weighted by atomic mass is 9.87. The predicted octanol–water partition coefficient (Wildman–Crippen LogP) is 9.49. The molecule has 0 fully saturated rings. The van der Waals surface area contributed by atoms with Crippen LogP contribution >= 0.6 is 0 Å². The van der Waals surface area contributed by atoms with Gasteiger partial charge in [-0.25, -0.2) is 0 Å². The highest BCUT2D eigenvalue weighted by molar-refractivity contribution is 5.21. The van der Waals surface area contributed by atoms with Crippen molar-refractivity contribution in [3.63, 3.8) is 0 Å². The zero-order valence-electron chi connectivity index (χ0n) is 11.4. The zero-order valence-corrected chi connectivity index (χ0v) is 11.4. The molecule has 0 unspecified atom stereocenters. The molecule has 0 heterocycles. The molecule has 0 saturated heterocycles. The smallest absolute Gasteiger partial charge is 0.0132 e. The fraction of sp³-hybridized carbons (Fsp3) is 0.727. The van der Waals surface area contributed by atoms with E-state index in [9.17, 15) is 0 Å². The van der Waals surface area contributed by atoms with Crippen LogP contribution in [0.25, 0.3) is 0 Å². The molecule has 142 valence electrons. The molecule has 1 rings (SSSR count). The van der Waals surface area contributed by atoms with Crippen molar-refractivity contribution in [3.05, 3.63) is 35.9 Å². The molecule has 0 bridgehead atoms. The van der Waals surface area contributed by atoms with Gasteiger partial charge in [-0.1, -0.05) is 131 Å². The number of hydrogen-bond donors (Lipinski definition) is 0. The van der Waals surface area contributed by atoms with E-state index in [0.29, 0.717) is 10.8 Å². The molecular weight excluding hydrogens is 264 g/mol. The van der Waals surface area contributed by atoms with E-state index in [0.717, 1.165) is 0 Å². The van der Waals surface area contributed by atoms with Crippen LogP contribution in [0.2, 0.25) is 0 Å². The highest BCUT2D eigenvalue weighted by Crippen LogP contribution is 2.20. The molecule has 0 aliphatic rings. The van der Waals surface area contributed by atoms with Gasteiger partial charge >= 0.3 is 0 Å². The largest absolute Gasteiger partial charge is 0.0776 e. The number of benzene rings is 1. The van der Waals surface area contributed by atoms with Gasteiger partial charge in [0.15, 0.2) is 0 Å². The van der Waals surface area contributed by atoms with Crippen LogP contribution in [-0.4, -0.2) is 0 Å². The first kappa shape index (κ1) is 49.6. The van der Waals surface area contributed by atoms with Crippen LogP contribution < -0.4 is 0 Å². The SMILES string of the molecule is C.C.C.C.C.C.C.CC(C)(C)C.CC(C)(C)c1ccccc1. The average molecular weight is 319 g/mol. The summed E-state index contributed by atoms with van der Waals surface area (Å²) < 4.78 is 0. The van der Waals surface area contributed by atoms with Gasteiger partial charge < -0.3 is 0 Å². The maximum absolute atomic E-state index is 2.22. The molecule has 22 heavy (non-hydrogen) atoms. The Kier molecular flexibility index (Phi) is 45.6. The second-order valence-electron chi connectivity index (χ2n) is 6.62. The molecule has 0 aliphatic carbocycles. The van der Waals surface area contributed by atoms with Gasteiger partial charge in [-0.3, -0.25) is 0 Å². The standard InChI is InChI=1S/C10H14.C5H12.7CH4/c1-10(2,3)9-7-5-4-6-8-9;1-5(2,3)4;;;;;;;/h4-8H,1-3H3;1-4H3;7*1H4. The van der Waals surface area contributed by atoms with Crippen molar-refractivity contribution in [2.75, 3.05) is 0 Å². The summed E-state index contributed by atoms with van der Waals surface area (Å²) in [6.45, 7) is 15.4. The third-order valence-electron chi connectivity index (χ3n) is 1.64. The van der Waals surface area contributed by atoms with E-state index < -0.39 is 0 Å². The Morgan fingerprint density at radius 1 is 0.500 bits per heavy atom. The molecule has 0 amide bonds. The van der Waals surface area contributed by atoms with Crippen LogP contribution in [0.4, 0.5) is 0 Å². The Morgan fingerprint density at radius 3 is 0.864 bits per heavy atom. The summed E-state index contributed by atoms with van der Waals surface area (Å²) in [5.74, 6) is 0. The van der Waals surface area contributed by atoms with E-state index in [4.69, 9.17) is 0 Å². The molecule has 0 N–H and O–H groups in total. The molecule has 0 aliphatic heterocycles. The first-order chi connectivity index (χ1) is 6.61. The summed E-state index contributed by atoms with van der Waals surface area (Å²) in [5.41, 5.74) is 2.19. The zero-order chi connectivity index (χ0) is 12.1. The lowest BCUT2D eigenvalue weighted by molar-refractivity contribution is 0.469. The minimum absolute atomic E-state index is 0. The van der Waals surface area contributed by atoms with Crippen LogP contribution in [-0.2, 0) is 5.41 Å². The van der Waals surface area contributed by atoms with E-state index in [-0.39, 0.29) is 52.0 Å². The number of hydrogen-bond acceptors (Lipinski definition) is 0. The molecule has 1 aromatic rings. The van der Waals surface area contributed by atoms with E-state index in [1.165, 1.54) is 5.56 Å². The molecule has 0 atom stereocenters. The first-order valence-corrected chi connectivity index (χ1v) is 5.66. The Bertz CT molecular complexity index is 250. The Hall–Kier alpha value is -0.780. The topological polar surface area (TPSA) is 0 Å². The maximum atomic E-state index is 2.22. The van der Waals surface area contributed by atoms with Gasteiger partial charge in [0.05, 0.1) is 0 Å². The fourth-order valence-corrected chi connectivity index (χ4v) is 0.938. The van der Waals surface area contributed by atoms with E-state index >= 15 is 0 Å². The van der Waals surface area contributed by atoms with Crippen LogP contribution in [0, 0.1) is 5.41 Å². The van der Waals surface area contributed by atoms with Gasteiger partial charge in [0.1, 0.15) is 0 Å². The van der Waals surface area contributed by atoms with Gasteiger partial charge in [-0.05, 0) is 16.4 Å². The highest BCUT2D eigenvalue weighted by atomic mass is 14.2. The fourth-order valence-electron chi connectivity index (χ4n) is 0.938. The minimum atomic E-state index is 0. The van der Waals surface area contributed by atoms with Crippen molar-refractivity contribution in [2.24, 2.45) is 5.41 Å². The van der Waals surface area contributed by atoms with Crippen molar-refractivity contribution in [1.29, 1.82) is 0 Å². The van der Waals surface area contributed by atoms with E-state index in [1.807, 2.05) is 0 Å². The lowest BCUT2D eigenvalue weighted by Crippen LogP contribution is -2.10. The molecule has 0 spiro atoms. The molecule has 0 radical (unpaired) electrons. The van der Waals surface area contributed by atoms with Crippen molar-refractivity contribution < 1.29 is 0 Å². The lowest BCUT2D eigenvalue weighted by Gasteiger charge is -2.18. The van der Waals surface area contributed by atoms with Crippen LogP contribution in [0.3, 0.4) is 0 Å². The van der Waals surface area contributed by atoms with Gasteiger partial charge in [-0.15, -0.1) is 0 Å². The van der Waals surface area contributed by atoms with E-state index in [1.54, 1.807) is 0 Å². The number of rotatable bonds is 0. The second kappa shape index (κ2) is 20.2. The molecule has 0 heteroatoms. The Morgan fingerprint density at radius 2 is 0.727 bits per heavy atom. The van der Waals surface area contributed by atoms with Crippen molar-refractivity contribution in [3.8, 4) is 0 Å². The Balaban J connectivity index is -0.0000000249. The minimum Gasteiger partial charge on any atom is -0.0776 e. The second-order valence-corrected chi connectivity index (χ2v) is 6.62. The summed E-state index contributed by atoms with van der Waals surface area (Å²) >= 11 is 0. The molecule has 1 aromatic carbocycles. The van der Waals surface area contributed by atoms with Gasteiger partial charge in [0.25, 0.3) is 0 Å². The Labute approximate surface area is 147 Å². The third-order valence-corrected chi connectivity index (χ3v) is 1.64. The highest BCUT2D eigenvalue weighted by Gasteiger charge is 2.11. The van der Waals surface area contributed by atoms with Crippen LogP contribution in [0.5, 0.6) is 0 Å². The summed E-state index contributed by atoms with van der Waals surface area (Å²) in [5, 5.41) is 0.